The quantitative estimate of drug-likeness (QED) is 0.757. The maximum Gasteiger partial charge on any atom is 0.405 e. The fourth-order valence-corrected chi connectivity index (χ4v) is 2.46. The molecule has 1 nitrogen and oxygen atoms in total. The fourth-order valence-electron chi connectivity index (χ4n) is 1.58. The van der Waals surface area contributed by atoms with E-state index in [1.807, 2.05) is 6.92 Å². The molecule has 0 amide bonds. The number of hydrogen-bond donors (Lipinski definition) is 1. The van der Waals surface area contributed by atoms with Crippen molar-refractivity contribution in [3.8, 4) is 11.8 Å². The second kappa shape index (κ2) is 3.95. The maximum absolute atomic E-state index is 12.6. The van der Waals surface area contributed by atoms with Crippen LogP contribution >= 0.6 is 11.3 Å². The van der Waals surface area contributed by atoms with Crippen LogP contribution < -0.4 is 5.32 Å². The molecule has 1 aromatic heterocycles. The maximum atomic E-state index is 12.6. The highest BCUT2D eigenvalue weighted by Crippen LogP contribution is 2.57. The predicted molar refractivity (Wildman–Crippen MR) is 63.2 cm³/mol. The van der Waals surface area contributed by atoms with Gasteiger partial charge in [-0.05, 0) is 25.8 Å². The summed E-state index contributed by atoms with van der Waals surface area (Å²) in [6.07, 6.45) is -3.93. The van der Waals surface area contributed by atoms with Gasteiger partial charge >= 0.3 is 6.18 Å². The molecule has 1 saturated carbocycles. The lowest BCUT2D eigenvalue weighted by molar-refractivity contribution is -0.168. The van der Waals surface area contributed by atoms with Crippen LogP contribution in [0.25, 0.3) is 0 Å². The Morgan fingerprint density at radius 3 is 2.47 bits per heavy atom. The van der Waals surface area contributed by atoms with Crippen molar-refractivity contribution in [1.82, 2.24) is 0 Å². The average Bonchev–Trinajstić information content (AvgIpc) is 2.95. The van der Waals surface area contributed by atoms with Crippen LogP contribution in [0.3, 0.4) is 0 Å². The molecule has 1 aliphatic carbocycles. The van der Waals surface area contributed by atoms with E-state index in [0.717, 1.165) is 10.6 Å². The van der Waals surface area contributed by atoms with Crippen molar-refractivity contribution >= 4 is 17.0 Å². The molecule has 0 saturated heterocycles. The molecule has 1 aliphatic rings. The summed E-state index contributed by atoms with van der Waals surface area (Å²) < 4.78 is 37.9. The molecule has 1 N–H and O–H groups in total. The van der Waals surface area contributed by atoms with Crippen LogP contribution in [0, 0.1) is 24.2 Å². The van der Waals surface area contributed by atoms with Gasteiger partial charge in [0.05, 0.1) is 4.88 Å². The van der Waals surface area contributed by atoms with Crippen molar-refractivity contribution in [2.24, 2.45) is 5.41 Å². The number of rotatable bonds is 1. The van der Waals surface area contributed by atoms with E-state index in [-0.39, 0.29) is 12.8 Å². The lowest BCUT2D eigenvalue weighted by Crippen LogP contribution is -2.22. The number of halogens is 3. The summed E-state index contributed by atoms with van der Waals surface area (Å²) in [7, 11) is 1.78. The van der Waals surface area contributed by atoms with Gasteiger partial charge in [0, 0.05) is 17.6 Å². The van der Waals surface area contributed by atoms with Crippen LogP contribution in [0.15, 0.2) is 6.07 Å². The third kappa shape index (κ3) is 2.27. The number of aryl methyl sites for hydroxylation is 1. The first-order chi connectivity index (χ1) is 7.88. The molecule has 0 unspecified atom stereocenters. The zero-order valence-corrected chi connectivity index (χ0v) is 10.4. The van der Waals surface area contributed by atoms with Crippen LogP contribution in [0.5, 0.6) is 0 Å². The summed E-state index contributed by atoms with van der Waals surface area (Å²) in [4.78, 5) is 1.72. The smallest absolute Gasteiger partial charge is 0.387 e. The number of alkyl halides is 3. The van der Waals surface area contributed by atoms with Gasteiger partial charge in [0.2, 0.25) is 0 Å². The van der Waals surface area contributed by atoms with E-state index in [9.17, 15) is 13.2 Å². The molecule has 1 heterocycles. The molecule has 0 radical (unpaired) electrons. The highest BCUT2D eigenvalue weighted by atomic mass is 32.1. The number of nitrogens with one attached hydrogen (secondary N) is 1. The Bertz CT molecular complexity index is 486. The van der Waals surface area contributed by atoms with Gasteiger partial charge in [-0.3, -0.25) is 0 Å². The minimum atomic E-state index is -4.20. The van der Waals surface area contributed by atoms with E-state index in [4.69, 9.17) is 0 Å². The minimum Gasteiger partial charge on any atom is -0.387 e. The van der Waals surface area contributed by atoms with E-state index < -0.39 is 11.6 Å². The fraction of sp³-hybridized carbons (Fsp3) is 0.500. The van der Waals surface area contributed by atoms with Gasteiger partial charge in [-0.15, -0.1) is 11.3 Å². The SMILES string of the molecule is CNc1cc(C#CC2(C(F)(F)F)CC2)sc1C. The zero-order valence-electron chi connectivity index (χ0n) is 9.53. The standard InChI is InChI=1S/C12H12F3NS/c1-8-10(16-2)7-9(17-8)3-4-11(5-6-11)12(13,14)15/h7,16H,5-6H2,1-2H3. The average molecular weight is 259 g/mol. The molecule has 92 valence electrons. The molecule has 0 bridgehead atoms. The molecule has 0 aromatic carbocycles. The summed E-state index contributed by atoms with van der Waals surface area (Å²) in [5, 5.41) is 2.98. The van der Waals surface area contributed by atoms with Gasteiger partial charge in [-0.1, -0.05) is 11.8 Å². The van der Waals surface area contributed by atoms with Crippen LogP contribution in [-0.4, -0.2) is 13.2 Å². The Kier molecular flexibility index (Phi) is 2.86. The Balaban J connectivity index is 2.22. The summed E-state index contributed by atoms with van der Waals surface area (Å²) >= 11 is 1.41. The van der Waals surface area contributed by atoms with Crippen molar-refractivity contribution < 1.29 is 13.2 Å². The number of thiophene rings is 1. The van der Waals surface area contributed by atoms with Gasteiger partial charge in [0.25, 0.3) is 0 Å². The van der Waals surface area contributed by atoms with Crippen molar-refractivity contribution in [2.75, 3.05) is 12.4 Å². The molecule has 17 heavy (non-hydrogen) atoms. The van der Waals surface area contributed by atoms with Gasteiger partial charge in [0.15, 0.2) is 0 Å². The lowest BCUT2D eigenvalue weighted by Gasteiger charge is -2.11. The lowest BCUT2D eigenvalue weighted by atomic mass is 10.1. The van der Waals surface area contributed by atoms with Crippen LogP contribution in [0.1, 0.15) is 22.6 Å². The van der Waals surface area contributed by atoms with E-state index in [2.05, 4.69) is 17.2 Å². The van der Waals surface area contributed by atoms with Crippen molar-refractivity contribution in [1.29, 1.82) is 0 Å². The molecular formula is C12H12F3NS. The normalized spacial score (nSPS) is 17.2. The van der Waals surface area contributed by atoms with Gasteiger partial charge < -0.3 is 5.32 Å². The Hall–Kier alpha value is -1.15. The first kappa shape index (κ1) is 12.3. The molecule has 2 rings (SSSR count). The minimum absolute atomic E-state index is 0.132. The van der Waals surface area contributed by atoms with Crippen LogP contribution in [0.2, 0.25) is 0 Å². The summed E-state index contributed by atoms with van der Waals surface area (Å²) in [5.41, 5.74) is -0.804. The molecule has 5 heteroatoms. The second-order valence-electron chi connectivity index (χ2n) is 4.16. The number of anilines is 1. The Morgan fingerprint density at radius 1 is 1.41 bits per heavy atom. The first-order valence-corrected chi connectivity index (χ1v) is 6.08. The van der Waals surface area contributed by atoms with Gasteiger partial charge in [0.1, 0.15) is 5.41 Å². The van der Waals surface area contributed by atoms with E-state index in [1.165, 1.54) is 11.3 Å². The molecule has 0 spiro atoms. The van der Waals surface area contributed by atoms with Crippen molar-refractivity contribution in [3.63, 3.8) is 0 Å². The van der Waals surface area contributed by atoms with Crippen LogP contribution in [-0.2, 0) is 0 Å². The summed E-state index contributed by atoms with van der Waals surface area (Å²) in [6.45, 7) is 1.92. The van der Waals surface area contributed by atoms with E-state index in [1.54, 1.807) is 13.1 Å². The van der Waals surface area contributed by atoms with Crippen molar-refractivity contribution in [3.05, 3.63) is 15.8 Å². The van der Waals surface area contributed by atoms with Crippen LogP contribution in [0.4, 0.5) is 18.9 Å². The monoisotopic (exact) mass is 259 g/mol. The molecule has 0 atom stereocenters. The van der Waals surface area contributed by atoms with E-state index >= 15 is 0 Å². The molecule has 0 aliphatic heterocycles. The third-order valence-electron chi connectivity index (χ3n) is 2.90. The molecule has 1 fully saturated rings. The first-order valence-electron chi connectivity index (χ1n) is 5.26. The van der Waals surface area contributed by atoms with Gasteiger partial charge in [-0.2, -0.15) is 13.2 Å². The molecule has 1 aromatic rings. The third-order valence-corrected chi connectivity index (χ3v) is 3.87. The van der Waals surface area contributed by atoms with Gasteiger partial charge in [-0.25, -0.2) is 0 Å². The highest BCUT2D eigenvalue weighted by molar-refractivity contribution is 7.13. The largest absolute Gasteiger partial charge is 0.405 e. The Labute approximate surface area is 102 Å². The zero-order chi connectivity index (χ0) is 12.7. The Morgan fingerprint density at radius 2 is 2.06 bits per heavy atom. The summed E-state index contributed by atoms with van der Waals surface area (Å²) in [6, 6.07) is 1.79. The van der Waals surface area contributed by atoms with Crippen molar-refractivity contribution in [2.45, 2.75) is 25.9 Å². The second-order valence-corrected chi connectivity index (χ2v) is 5.42. The highest BCUT2D eigenvalue weighted by Gasteiger charge is 2.62. The number of hydrogen-bond acceptors (Lipinski definition) is 2. The topological polar surface area (TPSA) is 12.0 Å². The molecular weight excluding hydrogens is 247 g/mol. The van der Waals surface area contributed by atoms with E-state index in [0.29, 0.717) is 4.88 Å². The predicted octanol–water partition coefficient (Wildman–Crippen LogP) is 3.79. The summed E-state index contributed by atoms with van der Waals surface area (Å²) in [5.74, 6) is 5.06.